The second-order valence-corrected chi connectivity index (χ2v) is 7.85. The number of nitrogens with zero attached hydrogens (tertiary/aromatic N) is 1. The highest BCUT2D eigenvalue weighted by molar-refractivity contribution is 5.54. The molecular formula is C23H31NO5. The molecule has 0 radical (unpaired) electrons. The summed E-state index contributed by atoms with van der Waals surface area (Å²) < 4.78 is 27.5. The van der Waals surface area contributed by atoms with E-state index in [-0.39, 0.29) is 5.54 Å². The van der Waals surface area contributed by atoms with E-state index in [1.54, 1.807) is 35.5 Å². The average molecular weight is 402 g/mol. The number of ether oxygens (including phenoxy) is 5. The Kier molecular flexibility index (Phi) is 6.13. The number of hydrogen-bond acceptors (Lipinski definition) is 6. The Labute approximate surface area is 173 Å². The minimum Gasteiger partial charge on any atom is -0.493 e. The summed E-state index contributed by atoms with van der Waals surface area (Å²) in [5, 5.41) is 0. The normalized spacial score (nSPS) is 15.4. The van der Waals surface area contributed by atoms with Crippen molar-refractivity contribution >= 4 is 0 Å². The molecule has 3 rings (SSSR count). The maximum Gasteiger partial charge on any atom is 0.203 e. The number of rotatable bonds is 7. The van der Waals surface area contributed by atoms with Crippen LogP contribution in [0.3, 0.4) is 0 Å². The fraction of sp³-hybridized carbons (Fsp3) is 0.478. The second-order valence-electron chi connectivity index (χ2n) is 7.85. The number of methoxy groups -OCH3 is 5. The number of hydrogen-bond donors (Lipinski definition) is 0. The molecule has 2 aromatic rings. The molecule has 0 fully saturated rings. The molecule has 0 unspecified atom stereocenters. The largest absolute Gasteiger partial charge is 0.493 e. The van der Waals surface area contributed by atoms with Gasteiger partial charge in [0.2, 0.25) is 5.75 Å². The SMILES string of the molecule is COc1cc2c(cc1OC)CC(C)(C)N(Cc1cc(OC)c(OC)c(OC)c1)C2. The Morgan fingerprint density at radius 1 is 0.724 bits per heavy atom. The lowest BCUT2D eigenvalue weighted by Gasteiger charge is -2.43. The van der Waals surface area contributed by atoms with Gasteiger partial charge in [-0.1, -0.05) is 0 Å². The maximum atomic E-state index is 5.52. The van der Waals surface area contributed by atoms with E-state index < -0.39 is 0 Å². The van der Waals surface area contributed by atoms with E-state index in [4.69, 9.17) is 23.7 Å². The monoisotopic (exact) mass is 401 g/mol. The molecule has 0 aromatic heterocycles. The van der Waals surface area contributed by atoms with Crippen molar-refractivity contribution in [2.45, 2.75) is 38.9 Å². The van der Waals surface area contributed by atoms with Gasteiger partial charge < -0.3 is 23.7 Å². The molecule has 6 heteroatoms. The van der Waals surface area contributed by atoms with Crippen molar-refractivity contribution in [3.05, 3.63) is 41.0 Å². The van der Waals surface area contributed by atoms with Crippen LogP contribution in [0.4, 0.5) is 0 Å². The molecule has 0 saturated heterocycles. The molecule has 29 heavy (non-hydrogen) atoms. The predicted octanol–water partition coefficient (Wildman–Crippen LogP) is 4.07. The minimum absolute atomic E-state index is 0.0208. The lowest BCUT2D eigenvalue weighted by atomic mass is 9.85. The van der Waals surface area contributed by atoms with Gasteiger partial charge in [0.05, 0.1) is 35.5 Å². The highest BCUT2D eigenvalue weighted by atomic mass is 16.5. The van der Waals surface area contributed by atoms with E-state index in [0.29, 0.717) is 17.2 Å². The van der Waals surface area contributed by atoms with Gasteiger partial charge in [-0.3, -0.25) is 4.90 Å². The minimum atomic E-state index is -0.0208. The van der Waals surface area contributed by atoms with Crippen LogP contribution in [0.1, 0.15) is 30.5 Å². The molecule has 2 aromatic carbocycles. The quantitative estimate of drug-likeness (QED) is 0.697. The highest BCUT2D eigenvalue weighted by Gasteiger charge is 2.34. The van der Waals surface area contributed by atoms with Crippen LogP contribution in [0.5, 0.6) is 28.7 Å². The number of benzene rings is 2. The molecule has 1 aliphatic rings. The van der Waals surface area contributed by atoms with Crippen LogP contribution in [-0.4, -0.2) is 46.0 Å². The molecule has 0 atom stereocenters. The fourth-order valence-corrected chi connectivity index (χ4v) is 3.99. The molecule has 0 spiro atoms. The summed E-state index contributed by atoms with van der Waals surface area (Å²) in [5.74, 6) is 3.49. The first-order valence-electron chi connectivity index (χ1n) is 9.64. The molecule has 158 valence electrons. The van der Waals surface area contributed by atoms with Crippen molar-refractivity contribution in [3.8, 4) is 28.7 Å². The standard InChI is InChI=1S/C23H31NO5/c1-23(2)12-16-10-18(25-3)19(26-4)11-17(16)14-24(23)13-15-8-20(27-5)22(29-7)21(9-15)28-6/h8-11H,12-14H2,1-7H3. The van der Waals surface area contributed by atoms with Gasteiger partial charge >= 0.3 is 0 Å². The van der Waals surface area contributed by atoms with Gasteiger partial charge in [-0.2, -0.15) is 0 Å². The zero-order chi connectivity index (χ0) is 21.2. The summed E-state index contributed by atoms with van der Waals surface area (Å²) in [6.45, 7) is 6.12. The summed E-state index contributed by atoms with van der Waals surface area (Å²) in [6.07, 6.45) is 0.924. The van der Waals surface area contributed by atoms with Crippen LogP contribution in [0.15, 0.2) is 24.3 Å². The third kappa shape index (κ3) is 4.08. The van der Waals surface area contributed by atoms with E-state index in [9.17, 15) is 0 Å². The van der Waals surface area contributed by atoms with Crippen molar-refractivity contribution < 1.29 is 23.7 Å². The van der Waals surface area contributed by atoms with Crippen molar-refractivity contribution in [3.63, 3.8) is 0 Å². The van der Waals surface area contributed by atoms with Crippen LogP contribution >= 0.6 is 0 Å². The summed E-state index contributed by atoms with van der Waals surface area (Å²) >= 11 is 0. The summed E-state index contributed by atoms with van der Waals surface area (Å²) in [4.78, 5) is 2.46. The zero-order valence-corrected chi connectivity index (χ0v) is 18.4. The van der Waals surface area contributed by atoms with Crippen LogP contribution in [0.25, 0.3) is 0 Å². The molecule has 6 nitrogen and oxygen atoms in total. The maximum absolute atomic E-state index is 5.52. The molecular weight excluding hydrogens is 370 g/mol. The Morgan fingerprint density at radius 3 is 1.72 bits per heavy atom. The van der Waals surface area contributed by atoms with Crippen molar-refractivity contribution in [2.75, 3.05) is 35.5 Å². The molecule has 0 amide bonds. The zero-order valence-electron chi connectivity index (χ0n) is 18.4. The van der Waals surface area contributed by atoms with Crippen LogP contribution in [0.2, 0.25) is 0 Å². The molecule has 1 aliphatic heterocycles. The van der Waals surface area contributed by atoms with E-state index in [0.717, 1.165) is 36.6 Å². The molecule has 0 aliphatic carbocycles. The highest BCUT2D eigenvalue weighted by Crippen LogP contribution is 2.41. The molecule has 0 saturated carbocycles. The van der Waals surface area contributed by atoms with Crippen molar-refractivity contribution in [2.24, 2.45) is 0 Å². The van der Waals surface area contributed by atoms with Gasteiger partial charge in [0.25, 0.3) is 0 Å². The third-order valence-corrected chi connectivity index (χ3v) is 5.64. The topological polar surface area (TPSA) is 49.4 Å². The van der Waals surface area contributed by atoms with Gasteiger partial charge in [-0.15, -0.1) is 0 Å². The first kappa shape index (κ1) is 21.1. The Morgan fingerprint density at radius 2 is 1.24 bits per heavy atom. The first-order valence-corrected chi connectivity index (χ1v) is 9.64. The van der Waals surface area contributed by atoms with E-state index in [2.05, 4.69) is 30.9 Å². The average Bonchev–Trinajstić information content (AvgIpc) is 2.72. The van der Waals surface area contributed by atoms with Crippen LogP contribution < -0.4 is 23.7 Å². The smallest absolute Gasteiger partial charge is 0.203 e. The van der Waals surface area contributed by atoms with Gasteiger partial charge in [-0.25, -0.2) is 0 Å². The van der Waals surface area contributed by atoms with Crippen molar-refractivity contribution in [1.29, 1.82) is 0 Å². The van der Waals surface area contributed by atoms with Gasteiger partial charge in [0, 0.05) is 18.6 Å². The van der Waals surface area contributed by atoms with Crippen LogP contribution in [0, 0.1) is 0 Å². The predicted molar refractivity (Wildman–Crippen MR) is 113 cm³/mol. The molecule has 0 N–H and O–H groups in total. The second kappa shape index (κ2) is 8.41. The van der Waals surface area contributed by atoms with Gasteiger partial charge in [0.1, 0.15) is 0 Å². The van der Waals surface area contributed by atoms with E-state index in [1.165, 1.54) is 11.1 Å². The lowest BCUT2D eigenvalue weighted by molar-refractivity contribution is 0.0885. The number of fused-ring (bicyclic) bond motifs is 1. The van der Waals surface area contributed by atoms with Crippen LogP contribution in [-0.2, 0) is 19.5 Å². The van der Waals surface area contributed by atoms with E-state index in [1.807, 2.05) is 12.1 Å². The Hall–Kier alpha value is -2.60. The van der Waals surface area contributed by atoms with Gasteiger partial charge in [0.15, 0.2) is 23.0 Å². The molecule has 0 bridgehead atoms. The third-order valence-electron chi connectivity index (χ3n) is 5.64. The molecule has 1 heterocycles. The van der Waals surface area contributed by atoms with Crippen molar-refractivity contribution in [1.82, 2.24) is 4.90 Å². The van der Waals surface area contributed by atoms with E-state index >= 15 is 0 Å². The van der Waals surface area contributed by atoms with Gasteiger partial charge in [-0.05, 0) is 61.2 Å². The Balaban J connectivity index is 1.94. The summed E-state index contributed by atoms with van der Waals surface area (Å²) in [6, 6.07) is 8.22. The summed E-state index contributed by atoms with van der Waals surface area (Å²) in [7, 11) is 8.25. The lowest BCUT2D eigenvalue weighted by Crippen LogP contribution is -2.47. The first-order chi connectivity index (χ1) is 13.9. The summed E-state index contributed by atoms with van der Waals surface area (Å²) in [5.41, 5.74) is 3.65. The fourth-order valence-electron chi connectivity index (χ4n) is 3.99. The Bertz CT molecular complexity index is 853.